The molecule has 0 bridgehead atoms. The van der Waals surface area contributed by atoms with Gasteiger partial charge in [-0.2, -0.15) is 5.26 Å². The van der Waals surface area contributed by atoms with Crippen LogP contribution in [0.15, 0.2) is 69.2 Å². The number of benzene rings is 1. The molecule has 0 atom stereocenters. The third-order valence-electron chi connectivity index (χ3n) is 5.34. The summed E-state index contributed by atoms with van der Waals surface area (Å²) in [6.45, 7) is 1.23. The Kier molecular flexibility index (Phi) is 6.18. The minimum Gasteiger partial charge on any atom is -0.363 e. The number of ether oxygens (including phenoxy) is 2. The number of halogens is 1. The Morgan fingerprint density at radius 1 is 1.20 bits per heavy atom. The second kappa shape index (κ2) is 9.00. The van der Waals surface area contributed by atoms with Crippen molar-refractivity contribution in [2.75, 3.05) is 27.3 Å². The first-order chi connectivity index (χ1) is 14.6. The first-order valence-corrected chi connectivity index (χ1v) is 10.6. The molecular formula is C23H23BrN4O2. The van der Waals surface area contributed by atoms with Crippen LogP contribution in [0.1, 0.15) is 24.0 Å². The van der Waals surface area contributed by atoms with Crippen LogP contribution in [-0.4, -0.2) is 44.2 Å². The van der Waals surface area contributed by atoms with Crippen LogP contribution in [0.25, 0.3) is 5.57 Å². The van der Waals surface area contributed by atoms with Gasteiger partial charge in [0.25, 0.3) is 0 Å². The molecule has 1 aromatic rings. The Balaban J connectivity index is 1.71. The lowest BCUT2D eigenvalue weighted by Crippen LogP contribution is -2.30. The Morgan fingerprint density at radius 2 is 1.97 bits per heavy atom. The quantitative estimate of drug-likeness (QED) is 0.640. The molecule has 0 fully saturated rings. The first kappa shape index (κ1) is 20.6. The molecule has 30 heavy (non-hydrogen) atoms. The summed E-state index contributed by atoms with van der Waals surface area (Å²) < 4.78 is 11.8. The minimum absolute atomic E-state index is 0.355. The van der Waals surface area contributed by atoms with Gasteiger partial charge in [-0.1, -0.05) is 28.1 Å². The summed E-state index contributed by atoms with van der Waals surface area (Å²) in [6, 6.07) is 9.87. The van der Waals surface area contributed by atoms with Crippen LogP contribution < -0.4 is 5.32 Å². The molecule has 0 amide bonds. The van der Waals surface area contributed by atoms with Gasteiger partial charge in [-0.3, -0.25) is 0 Å². The second-order valence-electron chi connectivity index (χ2n) is 7.24. The summed E-state index contributed by atoms with van der Waals surface area (Å²) in [6.07, 6.45) is 7.96. The van der Waals surface area contributed by atoms with Crippen LogP contribution >= 0.6 is 15.9 Å². The lowest BCUT2D eigenvalue weighted by atomic mass is 10.00. The van der Waals surface area contributed by atoms with E-state index in [1.54, 1.807) is 14.2 Å². The van der Waals surface area contributed by atoms with Crippen molar-refractivity contribution in [2.45, 2.75) is 19.1 Å². The Labute approximate surface area is 185 Å². The van der Waals surface area contributed by atoms with Gasteiger partial charge in [-0.15, -0.1) is 0 Å². The van der Waals surface area contributed by atoms with Crippen molar-refractivity contribution in [1.82, 2.24) is 10.2 Å². The van der Waals surface area contributed by atoms with Crippen LogP contribution in [-0.2, 0) is 9.47 Å². The van der Waals surface area contributed by atoms with Gasteiger partial charge in [0.15, 0.2) is 6.29 Å². The molecule has 4 rings (SSSR count). The second-order valence-corrected chi connectivity index (χ2v) is 8.26. The molecule has 2 aliphatic heterocycles. The fraction of sp³-hybridized carbons (Fsp3) is 0.304. The lowest BCUT2D eigenvalue weighted by Gasteiger charge is -2.19. The summed E-state index contributed by atoms with van der Waals surface area (Å²) in [5.74, 6) is 0.811. The Bertz CT molecular complexity index is 1020. The highest BCUT2D eigenvalue weighted by Gasteiger charge is 2.27. The maximum Gasteiger partial charge on any atom is 0.173 e. The summed E-state index contributed by atoms with van der Waals surface area (Å²) in [4.78, 5) is 7.20. The molecule has 0 spiro atoms. The number of nitrogens with zero attached hydrogens (tertiary/aromatic N) is 3. The van der Waals surface area contributed by atoms with E-state index in [1.807, 2.05) is 24.3 Å². The standard InChI is InChI=1S/C23H23BrN4O2/c1-29-22(30-2)12-26-23-21-10-17(16-5-3-15(11-25)4-6-16)13-28(21)14-18-9-19(24)7-8-20(18)27-23/h3-6,9-10,14,22,26H,7-8,12-13H2,1-2H3. The van der Waals surface area contributed by atoms with Crippen LogP contribution in [0.5, 0.6) is 0 Å². The first-order valence-electron chi connectivity index (χ1n) is 9.78. The summed E-state index contributed by atoms with van der Waals surface area (Å²) >= 11 is 3.64. The zero-order valence-corrected chi connectivity index (χ0v) is 18.6. The van der Waals surface area contributed by atoms with Gasteiger partial charge in [0, 0.05) is 32.5 Å². The smallest absolute Gasteiger partial charge is 0.173 e. The summed E-state index contributed by atoms with van der Waals surface area (Å²) in [5, 5.41) is 12.5. The van der Waals surface area contributed by atoms with E-state index in [0.717, 1.165) is 47.8 Å². The number of nitrogens with one attached hydrogen (secondary N) is 1. The van der Waals surface area contributed by atoms with Gasteiger partial charge in [0.2, 0.25) is 0 Å². The molecule has 0 unspecified atom stereocenters. The number of hydrogen-bond acceptors (Lipinski definition) is 6. The number of nitriles is 1. The maximum atomic E-state index is 9.06. The fourth-order valence-corrected chi connectivity index (χ4v) is 4.13. The highest BCUT2D eigenvalue weighted by molar-refractivity contribution is 9.11. The molecule has 2 heterocycles. The van der Waals surface area contributed by atoms with Crippen molar-refractivity contribution >= 4 is 27.2 Å². The zero-order valence-electron chi connectivity index (χ0n) is 17.0. The molecule has 6 nitrogen and oxygen atoms in total. The fourth-order valence-electron chi connectivity index (χ4n) is 3.69. The molecule has 0 saturated heterocycles. The molecule has 154 valence electrons. The summed E-state index contributed by atoms with van der Waals surface area (Å²) in [5.41, 5.74) is 6.14. The number of methoxy groups -OCH3 is 2. The average molecular weight is 467 g/mol. The highest BCUT2D eigenvalue weighted by Crippen LogP contribution is 2.34. The molecule has 0 aromatic heterocycles. The van der Waals surface area contributed by atoms with E-state index in [4.69, 9.17) is 19.7 Å². The summed E-state index contributed by atoms with van der Waals surface area (Å²) in [7, 11) is 3.25. The number of allylic oxidation sites excluding steroid dienone is 4. The highest BCUT2D eigenvalue weighted by atomic mass is 79.9. The van der Waals surface area contributed by atoms with Gasteiger partial charge >= 0.3 is 0 Å². The van der Waals surface area contributed by atoms with Crippen LogP contribution in [0.2, 0.25) is 0 Å². The third-order valence-corrected chi connectivity index (χ3v) is 5.96. The molecule has 1 aliphatic carbocycles. The molecule has 3 aliphatic rings. The number of fused-ring (bicyclic) bond motifs is 2. The van der Waals surface area contributed by atoms with Gasteiger partial charge in [-0.05, 0) is 52.7 Å². The number of aliphatic imine (C=N–C) groups is 1. The SMILES string of the molecule is COC(CNC1=C2C=C(c3ccc(C#N)cc3)CN2C=C2C=C(Br)CCC2=N1)OC. The third kappa shape index (κ3) is 4.26. The average Bonchev–Trinajstić information content (AvgIpc) is 3.12. The van der Waals surface area contributed by atoms with Gasteiger partial charge in [0.1, 0.15) is 5.82 Å². The predicted molar refractivity (Wildman–Crippen MR) is 120 cm³/mol. The Hall–Kier alpha value is -2.66. The van der Waals surface area contributed by atoms with E-state index < -0.39 is 0 Å². The molecule has 7 heteroatoms. The minimum atomic E-state index is -0.355. The zero-order chi connectivity index (χ0) is 21.1. The van der Waals surface area contributed by atoms with Crippen LogP contribution in [0.4, 0.5) is 0 Å². The van der Waals surface area contributed by atoms with Gasteiger partial charge in [0.05, 0.1) is 29.6 Å². The van der Waals surface area contributed by atoms with Crippen molar-refractivity contribution < 1.29 is 9.47 Å². The van der Waals surface area contributed by atoms with Crippen molar-refractivity contribution in [3.8, 4) is 6.07 Å². The van der Waals surface area contributed by atoms with Crippen LogP contribution in [0.3, 0.4) is 0 Å². The van der Waals surface area contributed by atoms with E-state index in [1.165, 1.54) is 10.1 Å². The van der Waals surface area contributed by atoms with Gasteiger partial charge in [-0.25, -0.2) is 4.99 Å². The van der Waals surface area contributed by atoms with Gasteiger partial charge < -0.3 is 19.7 Å². The van der Waals surface area contributed by atoms with Crippen molar-refractivity contribution in [3.63, 3.8) is 0 Å². The van der Waals surface area contributed by atoms with Crippen molar-refractivity contribution in [1.29, 1.82) is 5.26 Å². The predicted octanol–water partition coefficient (Wildman–Crippen LogP) is 4.05. The maximum absolute atomic E-state index is 9.06. The van der Waals surface area contributed by atoms with E-state index in [-0.39, 0.29) is 6.29 Å². The molecule has 0 saturated carbocycles. The van der Waals surface area contributed by atoms with E-state index in [0.29, 0.717) is 12.1 Å². The van der Waals surface area contributed by atoms with Crippen molar-refractivity contribution in [3.05, 3.63) is 75.3 Å². The lowest BCUT2D eigenvalue weighted by molar-refractivity contribution is -0.0976. The largest absolute Gasteiger partial charge is 0.363 e. The molecule has 0 radical (unpaired) electrons. The molecule has 1 N–H and O–H groups in total. The van der Waals surface area contributed by atoms with Crippen molar-refractivity contribution in [2.24, 2.45) is 4.99 Å². The normalized spacial score (nSPS) is 18.0. The Morgan fingerprint density at radius 3 is 2.67 bits per heavy atom. The topological polar surface area (TPSA) is 69.9 Å². The molecule has 1 aromatic carbocycles. The number of rotatable bonds is 6. The van der Waals surface area contributed by atoms with E-state index in [2.05, 4.69) is 50.6 Å². The van der Waals surface area contributed by atoms with E-state index in [9.17, 15) is 0 Å². The van der Waals surface area contributed by atoms with Crippen LogP contribution in [0, 0.1) is 11.3 Å². The monoisotopic (exact) mass is 466 g/mol. The number of hydrogen-bond donors (Lipinski definition) is 1. The van der Waals surface area contributed by atoms with E-state index >= 15 is 0 Å². The molecular weight excluding hydrogens is 444 g/mol.